The average Bonchev–Trinajstić information content (AvgIpc) is 2.77. The van der Waals surface area contributed by atoms with Crippen molar-refractivity contribution in [2.45, 2.75) is 40.2 Å². The molecular weight excluding hydrogens is 400 g/mol. The van der Waals surface area contributed by atoms with Gasteiger partial charge in [-0.05, 0) is 38.8 Å². The summed E-state index contributed by atoms with van der Waals surface area (Å²) < 4.78 is 11.4. The quantitative estimate of drug-likeness (QED) is 0.391. The summed E-state index contributed by atoms with van der Waals surface area (Å²) in [7, 11) is 0. The highest BCUT2D eigenvalue weighted by Crippen LogP contribution is 2.46. The molecule has 1 heterocycles. The maximum Gasteiger partial charge on any atom is 0.321 e. The molecular formula is C20H25BrO5. The number of benzene rings is 1. The number of hydrogen-bond acceptors (Lipinski definition) is 5. The molecule has 3 atom stereocenters. The maximum absolute atomic E-state index is 13.3. The van der Waals surface area contributed by atoms with Gasteiger partial charge in [-0.1, -0.05) is 41.9 Å². The van der Waals surface area contributed by atoms with E-state index in [0.717, 1.165) is 4.47 Å². The molecule has 0 amide bonds. The molecule has 1 saturated heterocycles. The molecule has 1 aromatic carbocycles. The molecule has 0 aliphatic carbocycles. The molecule has 142 valence electrons. The van der Waals surface area contributed by atoms with Crippen LogP contribution in [0, 0.1) is 23.7 Å². The first kappa shape index (κ1) is 20.6. The van der Waals surface area contributed by atoms with Gasteiger partial charge in [-0.2, -0.15) is 0 Å². The van der Waals surface area contributed by atoms with E-state index in [1.807, 2.05) is 13.8 Å². The summed E-state index contributed by atoms with van der Waals surface area (Å²) in [4.78, 5) is 38.1. The van der Waals surface area contributed by atoms with Gasteiger partial charge in [0.25, 0.3) is 0 Å². The van der Waals surface area contributed by atoms with Crippen LogP contribution < -0.4 is 0 Å². The van der Waals surface area contributed by atoms with Gasteiger partial charge in [0.2, 0.25) is 0 Å². The summed E-state index contributed by atoms with van der Waals surface area (Å²) in [5, 5.41) is 0. The lowest BCUT2D eigenvalue weighted by Crippen LogP contribution is -2.44. The van der Waals surface area contributed by atoms with Crippen LogP contribution >= 0.6 is 15.9 Å². The minimum atomic E-state index is -1.09. The fraction of sp³-hybridized carbons (Fsp3) is 0.550. The van der Waals surface area contributed by atoms with E-state index in [-0.39, 0.29) is 18.3 Å². The number of ether oxygens (including phenoxy) is 2. The third-order valence-electron chi connectivity index (χ3n) is 4.86. The molecule has 0 radical (unpaired) electrons. The van der Waals surface area contributed by atoms with Gasteiger partial charge in [0.05, 0.1) is 6.61 Å². The second-order valence-corrected chi connectivity index (χ2v) is 8.34. The topological polar surface area (TPSA) is 69.7 Å². The number of cyclic esters (lactones) is 1. The molecule has 1 fully saturated rings. The Hall–Kier alpha value is -1.69. The Morgan fingerprint density at radius 3 is 2.31 bits per heavy atom. The van der Waals surface area contributed by atoms with Crippen molar-refractivity contribution in [3.63, 3.8) is 0 Å². The largest absolute Gasteiger partial charge is 0.465 e. The number of Topliss-reactive ketones (excluding diaryl/α,β-unsaturated/α-hetero) is 1. The molecule has 1 aromatic rings. The van der Waals surface area contributed by atoms with E-state index >= 15 is 0 Å². The first-order valence-electron chi connectivity index (χ1n) is 8.79. The van der Waals surface area contributed by atoms with Crippen molar-refractivity contribution >= 4 is 33.7 Å². The smallest absolute Gasteiger partial charge is 0.321 e. The summed E-state index contributed by atoms with van der Waals surface area (Å²) >= 11 is 3.36. The van der Waals surface area contributed by atoms with Crippen molar-refractivity contribution in [1.29, 1.82) is 0 Å². The van der Waals surface area contributed by atoms with Gasteiger partial charge in [0.15, 0.2) is 11.7 Å². The zero-order valence-electron chi connectivity index (χ0n) is 15.7. The minimum absolute atomic E-state index is 0.0816. The van der Waals surface area contributed by atoms with Crippen molar-refractivity contribution in [2.75, 3.05) is 6.61 Å². The Balaban J connectivity index is 2.47. The molecule has 0 aromatic heterocycles. The number of carbonyl (C=O) groups excluding carboxylic acids is 3. The third kappa shape index (κ3) is 4.00. The average molecular weight is 425 g/mol. The second kappa shape index (κ2) is 7.91. The lowest BCUT2D eigenvalue weighted by molar-refractivity contribution is -0.157. The monoisotopic (exact) mass is 424 g/mol. The van der Waals surface area contributed by atoms with E-state index in [1.165, 1.54) is 0 Å². The Kier molecular flexibility index (Phi) is 6.27. The predicted octanol–water partition coefficient (Wildman–Crippen LogP) is 4.03. The van der Waals surface area contributed by atoms with Crippen molar-refractivity contribution in [3.05, 3.63) is 34.3 Å². The number of carbonyl (C=O) groups is 3. The first-order valence-corrected chi connectivity index (χ1v) is 9.58. The number of esters is 2. The van der Waals surface area contributed by atoms with Crippen LogP contribution in [0.15, 0.2) is 28.7 Å². The zero-order valence-corrected chi connectivity index (χ0v) is 17.3. The highest BCUT2D eigenvalue weighted by atomic mass is 79.9. The summed E-state index contributed by atoms with van der Waals surface area (Å²) in [6.07, 6.45) is 0. The van der Waals surface area contributed by atoms with Crippen LogP contribution in [0.5, 0.6) is 0 Å². The van der Waals surface area contributed by atoms with Gasteiger partial charge >= 0.3 is 11.9 Å². The normalized spacial score (nSPS) is 22.8. The van der Waals surface area contributed by atoms with Crippen LogP contribution in [0.1, 0.15) is 45.0 Å². The molecule has 2 rings (SSSR count). The second-order valence-electron chi connectivity index (χ2n) is 7.42. The van der Waals surface area contributed by atoms with E-state index in [9.17, 15) is 14.4 Å². The zero-order chi connectivity index (χ0) is 19.6. The van der Waals surface area contributed by atoms with Crippen LogP contribution in [0.2, 0.25) is 0 Å². The molecule has 1 aliphatic rings. The maximum atomic E-state index is 13.3. The SMILES string of the molecule is CCOC(=O)[C@H]1C(=O)OC(C)(C)[C@H]1[C@H](C(=O)c1ccc(Br)cc1)C(C)C. The van der Waals surface area contributed by atoms with E-state index in [4.69, 9.17) is 9.47 Å². The third-order valence-corrected chi connectivity index (χ3v) is 5.39. The highest BCUT2D eigenvalue weighted by molar-refractivity contribution is 9.10. The molecule has 0 bridgehead atoms. The Morgan fingerprint density at radius 2 is 1.81 bits per heavy atom. The summed E-state index contributed by atoms with van der Waals surface area (Å²) in [5.74, 6) is -3.65. The lowest BCUT2D eigenvalue weighted by Gasteiger charge is -2.35. The molecule has 0 saturated carbocycles. The van der Waals surface area contributed by atoms with Gasteiger partial charge < -0.3 is 9.47 Å². The number of halogens is 1. The summed E-state index contributed by atoms with van der Waals surface area (Å²) in [5.41, 5.74) is -0.390. The predicted molar refractivity (Wildman–Crippen MR) is 101 cm³/mol. The molecule has 0 spiro atoms. The first-order chi connectivity index (χ1) is 12.1. The fourth-order valence-electron chi connectivity index (χ4n) is 3.74. The van der Waals surface area contributed by atoms with Crippen LogP contribution in [-0.4, -0.2) is 29.9 Å². The molecule has 5 nitrogen and oxygen atoms in total. The number of hydrogen-bond donors (Lipinski definition) is 0. The Bertz CT molecular complexity index is 693. The van der Waals surface area contributed by atoms with Crippen LogP contribution in [0.3, 0.4) is 0 Å². The molecule has 0 N–H and O–H groups in total. The van der Waals surface area contributed by atoms with E-state index in [2.05, 4.69) is 15.9 Å². The highest BCUT2D eigenvalue weighted by Gasteiger charge is 2.59. The van der Waals surface area contributed by atoms with E-state index in [1.54, 1.807) is 45.0 Å². The van der Waals surface area contributed by atoms with Gasteiger partial charge in [-0.25, -0.2) is 0 Å². The van der Waals surface area contributed by atoms with Crippen LogP contribution in [0.4, 0.5) is 0 Å². The molecule has 1 aliphatic heterocycles. The van der Waals surface area contributed by atoms with Gasteiger partial charge in [-0.15, -0.1) is 0 Å². The van der Waals surface area contributed by atoms with Crippen LogP contribution in [0.25, 0.3) is 0 Å². The van der Waals surface area contributed by atoms with Crippen LogP contribution in [-0.2, 0) is 19.1 Å². The Morgan fingerprint density at radius 1 is 1.23 bits per heavy atom. The van der Waals surface area contributed by atoms with Gasteiger partial charge in [0, 0.05) is 21.9 Å². The lowest BCUT2D eigenvalue weighted by atomic mass is 9.67. The molecule has 6 heteroatoms. The van der Waals surface area contributed by atoms with Crippen molar-refractivity contribution in [2.24, 2.45) is 23.7 Å². The van der Waals surface area contributed by atoms with Crippen molar-refractivity contribution in [3.8, 4) is 0 Å². The Labute approximate surface area is 162 Å². The fourth-order valence-corrected chi connectivity index (χ4v) is 4.00. The summed E-state index contributed by atoms with van der Waals surface area (Å²) in [6.45, 7) is 9.19. The van der Waals surface area contributed by atoms with E-state index in [0.29, 0.717) is 5.56 Å². The molecule has 26 heavy (non-hydrogen) atoms. The molecule has 0 unspecified atom stereocenters. The minimum Gasteiger partial charge on any atom is -0.465 e. The number of rotatable bonds is 6. The number of ketones is 1. The van der Waals surface area contributed by atoms with Gasteiger partial charge in [0.1, 0.15) is 5.60 Å². The van der Waals surface area contributed by atoms with Gasteiger partial charge in [-0.3, -0.25) is 14.4 Å². The standard InChI is InChI=1S/C20H25BrO5/c1-6-25-18(23)15-16(20(4,5)26-19(15)24)14(11(2)3)17(22)12-7-9-13(21)10-8-12/h7-11,14-16H,6H2,1-5H3/t14-,15+,16+/m1/s1. The van der Waals surface area contributed by atoms with E-state index < -0.39 is 35.3 Å². The van der Waals surface area contributed by atoms with Crippen molar-refractivity contribution in [1.82, 2.24) is 0 Å². The van der Waals surface area contributed by atoms with Crippen molar-refractivity contribution < 1.29 is 23.9 Å². The summed E-state index contributed by atoms with van der Waals surface area (Å²) in [6, 6.07) is 7.08.